The van der Waals surface area contributed by atoms with Crippen molar-refractivity contribution in [3.05, 3.63) is 103 Å². The number of hydrogen-bond donors (Lipinski definition) is 2. The molecule has 0 heterocycles. The molecular weight excluding hydrogens is 346 g/mol. The van der Waals surface area contributed by atoms with E-state index in [1.807, 2.05) is 78.9 Å². The van der Waals surface area contributed by atoms with Gasteiger partial charge in [0.05, 0.1) is 5.69 Å². The molecule has 0 saturated heterocycles. The third kappa shape index (κ3) is 3.64. The van der Waals surface area contributed by atoms with E-state index in [-0.39, 0.29) is 11.5 Å². The van der Waals surface area contributed by atoms with Gasteiger partial charge in [0.1, 0.15) is 11.5 Å². The lowest BCUT2D eigenvalue weighted by atomic mass is 9.96. The quantitative estimate of drug-likeness (QED) is 0.424. The monoisotopic (exact) mass is 365 g/mol. The largest absolute Gasteiger partial charge is 0.507 e. The summed E-state index contributed by atoms with van der Waals surface area (Å²) in [6.45, 7) is 0. The minimum atomic E-state index is 0.177. The lowest BCUT2D eigenvalue weighted by Gasteiger charge is -2.12. The summed E-state index contributed by atoms with van der Waals surface area (Å²) in [5.74, 6) is 0.399. The molecular formula is C25H19NO2. The second-order valence-corrected chi connectivity index (χ2v) is 6.44. The first kappa shape index (κ1) is 17.6. The van der Waals surface area contributed by atoms with Crippen LogP contribution in [-0.4, -0.2) is 16.4 Å². The highest BCUT2D eigenvalue weighted by atomic mass is 16.3. The lowest BCUT2D eigenvalue weighted by molar-refractivity contribution is 0.474. The van der Waals surface area contributed by atoms with Crippen molar-refractivity contribution in [2.45, 2.75) is 0 Å². The predicted molar refractivity (Wildman–Crippen MR) is 114 cm³/mol. The Morgan fingerprint density at radius 1 is 0.607 bits per heavy atom. The van der Waals surface area contributed by atoms with Gasteiger partial charge in [-0.2, -0.15) is 0 Å². The van der Waals surface area contributed by atoms with E-state index in [1.165, 1.54) is 0 Å². The van der Waals surface area contributed by atoms with E-state index >= 15 is 0 Å². The van der Waals surface area contributed by atoms with Crippen LogP contribution >= 0.6 is 0 Å². The van der Waals surface area contributed by atoms with E-state index in [9.17, 15) is 10.2 Å². The molecule has 0 aliphatic heterocycles. The molecule has 0 atom stereocenters. The Balaban J connectivity index is 1.86. The summed E-state index contributed by atoms with van der Waals surface area (Å²) in [6.07, 6.45) is 1.63. The summed E-state index contributed by atoms with van der Waals surface area (Å²) >= 11 is 0. The highest BCUT2D eigenvalue weighted by Gasteiger charge is 2.13. The Hall–Kier alpha value is -3.85. The lowest BCUT2D eigenvalue weighted by Crippen LogP contribution is -1.86. The van der Waals surface area contributed by atoms with E-state index < -0.39 is 0 Å². The number of rotatable bonds is 4. The highest BCUT2D eigenvalue weighted by molar-refractivity contribution is 5.89. The Bertz CT molecular complexity index is 1060. The molecule has 3 heteroatoms. The molecule has 4 rings (SSSR count). The summed E-state index contributed by atoms with van der Waals surface area (Å²) in [6, 6.07) is 30.2. The van der Waals surface area contributed by atoms with Crippen LogP contribution in [0, 0.1) is 0 Å². The first-order valence-electron chi connectivity index (χ1n) is 9.02. The van der Waals surface area contributed by atoms with Gasteiger partial charge in [-0.25, -0.2) is 0 Å². The molecule has 136 valence electrons. The molecule has 0 bridgehead atoms. The van der Waals surface area contributed by atoms with Gasteiger partial charge in [0.25, 0.3) is 0 Å². The maximum Gasteiger partial charge on any atom is 0.131 e. The zero-order chi connectivity index (χ0) is 19.3. The highest BCUT2D eigenvalue weighted by Crippen LogP contribution is 2.41. The molecule has 0 aliphatic rings. The molecule has 0 spiro atoms. The van der Waals surface area contributed by atoms with Gasteiger partial charge in [-0.3, -0.25) is 4.99 Å². The maximum absolute atomic E-state index is 11.0. The number of hydrogen-bond acceptors (Lipinski definition) is 3. The van der Waals surface area contributed by atoms with Gasteiger partial charge in [-0.05, 0) is 35.4 Å². The number of aliphatic imine (C=N–C) groups is 1. The third-order valence-electron chi connectivity index (χ3n) is 4.55. The van der Waals surface area contributed by atoms with Crippen LogP contribution in [0.4, 0.5) is 5.69 Å². The first-order chi connectivity index (χ1) is 13.7. The van der Waals surface area contributed by atoms with Crippen LogP contribution < -0.4 is 0 Å². The van der Waals surface area contributed by atoms with Crippen LogP contribution in [0.2, 0.25) is 0 Å². The van der Waals surface area contributed by atoms with Gasteiger partial charge < -0.3 is 10.2 Å². The average molecular weight is 365 g/mol. The van der Waals surface area contributed by atoms with Crippen molar-refractivity contribution < 1.29 is 10.2 Å². The Morgan fingerprint density at radius 3 is 1.64 bits per heavy atom. The number of aromatic hydroxyl groups is 2. The molecule has 3 nitrogen and oxygen atoms in total. The fourth-order valence-electron chi connectivity index (χ4n) is 3.11. The molecule has 2 N–H and O–H groups in total. The number of para-hydroxylation sites is 1. The van der Waals surface area contributed by atoms with Crippen molar-refractivity contribution in [1.82, 2.24) is 0 Å². The van der Waals surface area contributed by atoms with Crippen molar-refractivity contribution in [3.63, 3.8) is 0 Å². The molecule has 0 amide bonds. The fraction of sp³-hybridized carbons (Fsp3) is 0. The number of benzene rings is 4. The third-order valence-corrected chi connectivity index (χ3v) is 4.55. The predicted octanol–water partition coefficient (Wildman–Crippen LogP) is 6.18. The van der Waals surface area contributed by atoms with Gasteiger partial charge in [0, 0.05) is 22.9 Å². The smallest absolute Gasteiger partial charge is 0.131 e. The Kier molecular flexibility index (Phi) is 4.89. The average Bonchev–Trinajstić information content (AvgIpc) is 2.75. The minimum Gasteiger partial charge on any atom is -0.507 e. The summed E-state index contributed by atoms with van der Waals surface area (Å²) < 4.78 is 0. The van der Waals surface area contributed by atoms with E-state index in [0.717, 1.165) is 11.1 Å². The Labute approximate surface area is 163 Å². The van der Waals surface area contributed by atoms with Gasteiger partial charge in [0.15, 0.2) is 0 Å². The van der Waals surface area contributed by atoms with Crippen LogP contribution in [0.3, 0.4) is 0 Å². The first-order valence-corrected chi connectivity index (χ1v) is 9.02. The van der Waals surface area contributed by atoms with Gasteiger partial charge >= 0.3 is 0 Å². The van der Waals surface area contributed by atoms with E-state index in [1.54, 1.807) is 24.4 Å². The van der Waals surface area contributed by atoms with Crippen molar-refractivity contribution >= 4 is 11.9 Å². The van der Waals surface area contributed by atoms with Crippen LogP contribution in [0.5, 0.6) is 11.5 Å². The summed E-state index contributed by atoms with van der Waals surface area (Å²) in [7, 11) is 0. The zero-order valence-electron chi connectivity index (χ0n) is 15.2. The SMILES string of the molecule is Oc1ccccc1C=Nc1cc(-c2ccccc2)c(O)c(-c2ccccc2)c1. The minimum absolute atomic E-state index is 0.177. The number of phenols is 2. The van der Waals surface area contributed by atoms with Crippen LogP contribution in [0.1, 0.15) is 5.56 Å². The Morgan fingerprint density at radius 2 is 1.11 bits per heavy atom. The maximum atomic E-state index is 11.0. The second kappa shape index (κ2) is 7.80. The van der Waals surface area contributed by atoms with Crippen LogP contribution in [-0.2, 0) is 0 Å². The molecule has 4 aromatic rings. The molecule has 0 unspecified atom stereocenters. The van der Waals surface area contributed by atoms with Crippen molar-refractivity contribution in [1.29, 1.82) is 0 Å². The van der Waals surface area contributed by atoms with Crippen molar-refractivity contribution in [2.24, 2.45) is 4.99 Å². The molecule has 28 heavy (non-hydrogen) atoms. The van der Waals surface area contributed by atoms with E-state index in [4.69, 9.17) is 0 Å². The van der Waals surface area contributed by atoms with Crippen molar-refractivity contribution in [2.75, 3.05) is 0 Å². The van der Waals surface area contributed by atoms with E-state index in [0.29, 0.717) is 22.4 Å². The van der Waals surface area contributed by atoms with Gasteiger partial charge in [-0.1, -0.05) is 72.8 Å². The fourth-order valence-corrected chi connectivity index (χ4v) is 3.11. The standard InChI is InChI=1S/C25H19NO2/c27-24-14-8-7-13-20(24)17-26-21-15-22(18-9-3-1-4-10-18)25(28)23(16-21)19-11-5-2-6-12-19/h1-17,27-28H. The number of phenolic OH excluding ortho intramolecular Hbond substituents is 2. The summed E-state index contributed by atoms with van der Waals surface area (Å²) in [5.41, 5.74) is 4.59. The molecule has 0 radical (unpaired) electrons. The molecule has 4 aromatic carbocycles. The van der Waals surface area contributed by atoms with Crippen LogP contribution in [0.25, 0.3) is 22.3 Å². The normalized spacial score (nSPS) is 11.0. The second-order valence-electron chi connectivity index (χ2n) is 6.44. The molecule has 0 fully saturated rings. The van der Waals surface area contributed by atoms with Gasteiger partial charge in [-0.15, -0.1) is 0 Å². The van der Waals surface area contributed by atoms with Gasteiger partial charge in [0.2, 0.25) is 0 Å². The zero-order valence-corrected chi connectivity index (χ0v) is 15.2. The molecule has 0 aromatic heterocycles. The summed E-state index contributed by atoms with van der Waals surface area (Å²) in [5, 5.41) is 20.9. The number of nitrogens with zero attached hydrogens (tertiary/aromatic N) is 1. The van der Waals surface area contributed by atoms with Crippen LogP contribution in [0.15, 0.2) is 102 Å². The van der Waals surface area contributed by atoms with E-state index in [2.05, 4.69) is 4.99 Å². The summed E-state index contributed by atoms with van der Waals surface area (Å²) in [4.78, 5) is 4.55. The topological polar surface area (TPSA) is 52.8 Å². The molecule has 0 aliphatic carbocycles. The van der Waals surface area contributed by atoms with Crippen molar-refractivity contribution in [3.8, 4) is 33.8 Å². The molecule has 0 saturated carbocycles.